The van der Waals surface area contributed by atoms with Crippen LogP contribution >= 0.6 is 63.7 Å². The Kier molecular flexibility index (Phi) is 40.5. The second kappa shape index (κ2) is 48.4. The maximum Gasteiger partial charge on any atom is 0.488 e. The van der Waals surface area contributed by atoms with Crippen molar-refractivity contribution in [3.8, 4) is 57.1 Å². The molecule has 0 aliphatic rings. The van der Waals surface area contributed by atoms with E-state index in [4.69, 9.17) is 48.3 Å². The van der Waals surface area contributed by atoms with Gasteiger partial charge in [0.15, 0.2) is 46.0 Å². The molecular weight excluding hydrogens is 1650 g/mol. The van der Waals surface area contributed by atoms with E-state index in [1.54, 1.807) is 12.1 Å². The Bertz CT molecular complexity index is 4190. The number of phenols is 1. The second-order valence-corrected chi connectivity index (χ2v) is 27.5. The van der Waals surface area contributed by atoms with Gasteiger partial charge < -0.3 is 48.3 Å². The average Bonchev–Trinajstić information content (AvgIpc) is 0.840. The molecule has 3 N–H and O–H groups in total. The number of halogens is 12. The Morgan fingerprint density at radius 1 is 0.308 bits per heavy atom. The van der Waals surface area contributed by atoms with Gasteiger partial charge in [-0.05, 0) is 199 Å². The first-order valence-electron chi connectivity index (χ1n) is 34.7. The molecule has 10 nitrogen and oxygen atoms in total. The predicted octanol–water partition coefficient (Wildman–Crippen LogP) is 24.2. The monoisotopic (exact) mass is 1740 g/mol. The summed E-state index contributed by atoms with van der Waals surface area (Å²) in [5.41, 5.74) is 11.5. The van der Waals surface area contributed by atoms with Crippen molar-refractivity contribution in [2.75, 3.05) is 26.4 Å². The molecule has 10 rings (SSSR count). The van der Waals surface area contributed by atoms with Gasteiger partial charge >= 0.3 is 7.12 Å². The molecule has 0 saturated heterocycles. The minimum Gasteiger partial charge on any atom is -0.505 e. The lowest BCUT2D eigenvalue weighted by Gasteiger charge is -2.12. The first-order valence-corrected chi connectivity index (χ1v) is 38.2. The number of benzene rings is 10. The quantitative estimate of drug-likeness (QED) is 0.0189. The molecule has 107 heavy (non-hydrogen) atoms. The topological polar surface area (TPSA) is 125 Å². The smallest absolute Gasteiger partial charge is 0.488 e. The molecule has 0 aliphatic heterocycles. The normalized spacial score (nSPS) is 10.4. The average molecular weight is 1740 g/mol. The van der Waals surface area contributed by atoms with E-state index in [-0.39, 0.29) is 60.1 Å². The van der Waals surface area contributed by atoms with E-state index >= 15 is 0 Å². The fourth-order valence-electron chi connectivity index (χ4n) is 9.01. The van der Waals surface area contributed by atoms with Crippen molar-refractivity contribution in [1.29, 1.82) is 0 Å². The van der Waals surface area contributed by atoms with Gasteiger partial charge in [-0.3, -0.25) is 0 Å². The van der Waals surface area contributed by atoms with Gasteiger partial charge in [0.2, 0.25) is 46.5 Å². The summed E-state index contributed by atoms with van der Waals surface area (Å²) in [6.45, 7) is 18.0. The highest BCUT2D eigenvalue weighted by molar-refractivity contribution is 9.11. The van der Waals surface area contributed by atoms with Crippen LogP contribution in [0, 0.1) is 74.2 Å². The SMILES string of the molecule is BrCc1ccc(Br)cc1.CCCCOc1ccc(O)c(F)c1F.CCCCOc1ccc(OCc2ccc(-c3ccc(C)c(C)c3)cc2)c(F)c1F.CCCCOc1ccc(OCc2ccc(Br)cc2)c(F)c1F.CCCCOc1ccc(OCc2ccc(Br)cc2)c(F)c1F.Cc1ccc(B(O)O)cc1C. The fraction of sp³-hybridized carbons (Fsp3) is 0.286. The number of phenolic OH excluding ortho intramolecular Hbond substituents is 1. The Hall–Kier alpha value is -8.06. The van der Waals surface area contributed by atoms with Crippen LogP contribution in [-0.2, 0) is 25.2 Å². The maximum atomic E-state index is 14.2. The van der Waals surface area contributed by atoms with Gasteiger partial charge in [-0.15, -0.1) is 0 Å². The Labute approximate surface area is 657 Å². The van der Waals surface area contributed by atoms with Crippen molar-refractivity contribution in [2.45, 2.75) is 132 Å². The van der Waals surface area contributed by atoms with Gasteiger partial charge in [0.25, 0.3) is 0 Å². The highest BCUT2D eigenvalue weighted by Gasteiger charge is 2.20. The van der Waals surface area contributed by atoms with Crippen LogP contribution in [0.5, 0.6) is 46.0 Å². The standard InChI is InChI=1S/C25H26F2O2.2C17H17BrF2O2.C10H12F2O2.C8H11BO2.C7H6Br2/c1-4-5-14-28-22-12-13-23(25(27)24(22)26)29-16-19-7-10-20(11-8-19)21-9-6-17(2)18(3)15-21;2*1-2-3-10-21-14-8-9-15(17(20)16(14)19)22-11-12-4-6-13(18)7-5-12;1-2-3-6-14-8-5-4-7(13)9(11)10(8)12;1-6-3-4-8(9(10)11)5-7(6)2;8-5-6-1-3-7(9)4-2-6/h6-13,15H,4-5,14,16H2,1-3H3;2*4-9H,2-3,10-11H2,1H3;4-5,13H,2-3,6H2,1H3;3-5,10-11H,1-2H3;1-4H,5H2. The van der Waals surface area contributed by atoms with Crippen LogP contribution in [0.3, 0.4) is 0 Å². The van der Waals surface area contributed by atoms with Gasteiger partial charge in [0.1, 0.15) is 19.8 Å². The van der Waals surface area contributed by atoms with Crippen LogP contribution < -0.4 is 38.6 Å². The Morgan fingerprint density at radius 3 is 0.879 bits per heavy atom. The van der Waals surface area contributed by atoms with Crippen LogP contribution in [0.4, 0.5) is 35.1 Å². The van der Waals surface area contributed by atoms with Gasteiger partial charge in [0.05, 0.1) is 26.4 Å². The molecule has 10 aromatic carbocycles. The lowest BCUT2D eigenvalue weighted by molar-refractivity contribution is 0.267. The number of alkyl halides is 1. The molecule has 0 unspecified atom stereocenters. The van der Waals surface area contributed by atoms with E-state index in [1.807, 2.05) is 133 Å². The van der Waals surface area contributed by atoms with Gasteiger partial charge in [-0.2, -0.15) is 35.1 Å². The summed E-state index contributed by atoms with van der Waals surface area (Å²) >= 11 is 13.4. The number of unbranched alkanes of at least 4 members (excludes halogenated alkanes) is 4. The van der Waals surface area contributed by atoms with Crippen molar-refractivity contribution in [3.63, 3.8) is 0 Å². The van der Waals surface area contributed by atoms with Crippen molar-refractivity contribution >= 4 is 76.3 Å². The molecule has 572 valence electrons. The van der Waals surface area contributed by atoms with Crippen LogP contribution in [0.1, 0.15) is 124 Å². The van der Waals surface area contributed by atoms with Gasteiger partial charge in [-0.1, -0.05) is 214 Å². The van der Waals surface area contributed by atoms with E-state index in [1.165, 1.54) is 59.2 Å². The summed E-state index contributed by atoms with van der Waals surface area (Å²) in [7, 11) is -1.35. The second-order valence-electron chi connectivity index (χ2n) is 24.2. The summed E-state index contributed by atoms with van der Waals surface area (Å²) in [5, 5.41) is 27.3. The van der Waals surface area contributed by atoms with Crippen molar-refractivity contribution in [1.82, 2.24) is 0 Å². The number of aromatic hydroxyl groups is 1. The summed E-state index contributed by atoms with van der Waals surface area (Å²) in [6, 6.07) is 53.3. The maximum absolute atomic E-state index is 14.2. The highest BCUT2D eigenvalue weighted by Crippen LogP contribution is 2.33. The van der Waals surface area contributed by atoms with Crippen molar-refractivity contribution in [2.24, 2.45) is 0 Å². The van der Waals surface area contributed by atoms with E-state index in [9.17, 15) is 35.1 Å². The number of hydrogen-bond acceptors (Lipinski definition) is 10. The van der Waals surface area contributed by atoms with Crippen molar-refractivity contribution < 1.29 is 83.4 Å². The highest BCUT2D eigenvalue weighted by atomic mass is 79.9. The molecule has 0 spiro atoms. The molecule has 0 aliphatic carbocycles. The summed E-state index contributed by atoms with van der Waals surface area (Å²) < 4.78 is 150. The Balaban J connectivity index is 0.000000240. The van der Waals surface area contributed by atoms with E-state index in [0.29, 0.717) is 31.9 Å². The third-order valence-electron chi connectivity index (χ3n) is 15.8. The number of ether oxygens (including phenoxy) is 7. The largest absolute Gasteiger partial charge is 0.505 e. The van der Waals surface area contributed by atoms with E-state index in [0.717, 1.165) is 115 Å². The minimum absolute atomic E-state index is 0.0815. The van der Waals surface area contributed by atoms with Crippen LogP contribution in [-0.4, -0.2) is 48.7 Å². The van der Waals surface area contributed by atoms with Gasteiger partial charge in [-0.25, -0.2) is 0 Å². The predicted molar refractivity (Wildman–Crippen MR) is 424 cm³/mol. The first kappa shape index (κ1) is 89.6. The zero-order valence-corrected chi connectivity index (χ0v) is 67.3. The third-order valence-corrected chi connectivity index (χ3v) is 18.0. The summed E-state index contributed by atoms with van der Waals surface area (Å²) in [6.07, 6.45) is 6.86. The molecule has 0 atom stereocenters. The lowest BCUT2D eigenvalue weighted by atomic mass is 9.79. The zero-order chi connectivity index (χ0) is 78.4. The molecule has 0 radical (unpaired) electrons. The van der Waals surface area contributed by atoms with Crippen LogP contribution in [0.25, 0.3) is 11.1 Å². The molecule has 23 heteroatoms. The van der Waals surface area contributed by atoms with E-state index < -0.39 is 59.4 Å². The Morgan fingerprint density at radius 2 is 0.579 bits per heavy atom. The molecular formula is C84H89BBr4F8O10. The van der Waals surface area contributed by atoms with Gasteiger partial charge in [0, 0.05) is 18.7 Å². The summed E-state index contributed by atoms with van der Waals surface area (Å²) in [5.74, 6) is -9.97. The number of hydrogen-bond donors (Lipinski definition) is 3. The fourth-order valence-corrected chi connectivity index (χ4v) is 10.2. The number of rotatable bonds is 28. The zero-order valence-electron chi connectivity index (χ0n) is 60.9. The summed E-state index contributed by atoms with van der Waals surface area (Å²) in [4.78, 5) is 0. The molecule has 0 fully saturated rings. The van der Waals surface area contributed by atoms with Crippen LogP contribution in [0.15, 0.2) is 195 Å². The van der Waals surface area contributed by atoms with Crippen molar-refractivity contribution in [3.05, 3.63) is 286 Å². The van der Waals surface area contributed by atoms with Crippen LogP contribution in [0.2, 0.25) is 0 Å². The minimum atomic E-state index is -1.35. The molecule has 0 amide bonds. The number of aryl methyl sites for hydroxylation is 4. The first-order chi connectivity index (χ1) is 51.3. The molecule has 10 aromatic rings. The molecule has 0 bridgehead atoms. The molecule has 0 aromatic heterocycles. The molecule has 0 heterocycles. The lowest BCUT2D eigenvalue weighted by Crippen LogP contribution is -2.29. The third kappa shape index (κ3) is 30.9. The molecule has 0 saturated carbocycles. The van der Waals surface area contributed by atoms with E-state index in [2.05, 4.69) is 108 Å².